The average molecular weight is 332 g/mol. The monoisotopic (exact) mass is 332 g/mol. The number of rotatable bonds is 6. The summed E-state index contributed by atoms with van der Waals surface area (Å²) < 4.78 is 0. The van der Waals surface area contributed by atoms with Crippen LogP contribution in [0.15, 0.2) is 18.2 Å². The third-order valence-electron chi connectivity index (χ3n) is 4.07. The molecular formula is C18H28N4O2. The first kappa shape index (κ1) is 18.1. The second-order valence-corrected chi connectivity index (χ2v) is 6.02. The van der Waals surface area contributed by atoms with E-state index < -0.39 is 0 Å². The van der Waals surface area contributed by atoms with Crippen molar-refractivity contribution in [2.45, 2.75) is 39.5 Å². The number of amides is 3. The van der Waals surface area contributed by atoms with Gasteiger partial charge >= 0.3 is 6.03 Å². The van der Waals surface area contributed by atoms with E-state index in [1.54, 1.807) is 6.07 Å². The SMILES string of the molecule is CCCNC(=O)c1cc(NC(=O)NCC)ccc1N1CCCCC1. The molecule has 0 aliphatic carbocycles. The summed E-state index contributed by atoms with van der Waals surface area (Å²) in [5, 5.41) is 8.41. The van der Waals surface area contributed by atoms with Crippen molar-refractivity contribution >= 4 is 23.3 Å². The molecule has 1 aliphatic rings. The fourth-order valence-corrected chi connectivity index (χ4v) is 2.88. The summed E-state index contributed by atoms with van der Waals surface area (Å²) in [5.74, 6) is -0.0861. The van der Waals surface area contributed by atoms with E-state index in [1.165, 1.54) is 6.42 Å². The minimum absolute atomic E-state index is 0.0861. The number of anilines is 2. The first-order valence-corrected chi connectivity index (χ1v) is 8.87. The van der Waals surface area contributed by atoms with Crippen molar-refractivity contribution in [2.24, 2.45) is 0 Å². The maximum Gasteiger partial charge on any atom is 0.319 e. The lowest BCUT2D eigenvalue weighted by molar-refractivity contribution is 0.0954. The van der Waals surface area contributed by atoms with Crippen LogP contribution >= 0.6 is 0 Å². The average Bonchev–Trinajstić information content (AvgIpc) is 2.60. The third kappa shape index (κ3) is 4.88. The third-order valence-corrected chi connectivity index (χ3v) is 4.07. The van der Waals surface area contributed by atoms with Crippen LogP contribution in [0.5, 0.6) is 0 Å². The fourth-order valence-electron chi connectivity index (χ4n) is 2.88. The van der Waals surface area contributed by atoms with Crippen molar-refractivity contribution < 1.29 is 9.59 Å². The van der Waals surface area contributed by atoms with Gasteiger partial charge in [-0.3, -0.25) is 4.79 Å². The summed E-state index contributed by atoms with van der Waals surface area (Å²) in [7, 11) is 0. The van der Waals surface area contributed by atoms with Gasteiger partial charge in [-0.2, -0.15) is 0 Å². The number of carbonyl (C=O) groups is 2. The molecule has 0 atom stereocenters. The second-order valence-electron chi connectivity index (χ2n) is 6.02. The highest BCUT2D eigenvalue weighted by molar-refractivity contribution is 6.02. The van der Waals surface area contributed by atoms with Crippen LogP contribution in [-0.4, -0.2) is 38.1 Å². The van der Waals surface area contributed by atoms with E-state index in [-0.39, 0.29) is 11.9 Å². The van der Waals surface area contributed by atoms with Crippen molar-refractivity contribution in [1.29, 1.82) is 0 Å². The lowest BCUT2D eigenvalue weighted by Crippen LogP contribution is -2.33. The Bertz CT molecular complexity index is 568. The van der Waals surface area contributed by atoms with Gasteiger partial charge in [-0.05, 0) is 50.8 Å². The lowest BCUT2D eigenvalue weighted by Gasteiger charge is -2.30. The molecule has 24 heavy (non-hydrogen) atoms. The zero-order valence-corrected chi connectivity index (χ0v) is 14.7. The van der Waals surface area contributed by atoms with Crippen molar-refractivity contribution in [2.75, 3.05) is 36.4 Å². The van der Waals surface area contributed by atoms with Crippen molar-refractivity contribution in [3.63, 3.8) is 0 Å². The molecule has 3 amide bonds. The zero-order chi connectivity index (χ0) is 17.4. The zero-order valence-electron chi connectivity index (χ0n) is 14.7. The quantitative estimate of drug-likeness (QED) is 0.750. The number of urea groups is 1. The van der Waals surface area contributed by atoms with Crippen LogP contribution in [0, 0.1) is 0 Å². The van der Waals surface area contributed by atoms with E-state index >= 15 is 0 Å². The molecule has 0 radical (unpaired) electrons. The van der Waals surface area contributed by atoms with Gasteiger partial charge in [-0.25, -0.2) is 4.79 Å². The van der Waals surface area contributed by atoms with Crippen LogP contribution in [0.3, 0.4) is 0 Å². The topological polar surface area (TPSA) is 73.5 Å². The first-order chi connectivity index (χ1) is 11.7. The van der Waals surface area contributed by atoms with Gasteiger partial charge in [-0.15, -0.1) is 0 Å². The highest BCUT2D eigenvalue weighted by atomic mass is 16.2. The summed E-state index contributed by atoms with van der Waals surface area (Å²) in [4.78, 5) is 26.5. The predicted molar refractivity (Wildman–Crippen MR) is 97.8 cm³/mol. The molecule has 6 nitrogen and oxygen atoms in total. The summed E-state index contributed by atoms with van der Waals surface area (Å²) in [6, 6.07) is 5.30. The number of benzene rings is 1. The van der Waals surface area contributed by atoms with Crippen molar-refractivity contribution in [1.82, 2.24) is 10.6 Å². The maximum absolute atomic E-state index is 12.6. The van der Waals surface area contributed by atoms with Gasteiger partial charge in [0.2, 0.25) is 0 Å². The normalized spacial score (nSPS) is 14.2. The summed E-state index contributed by atoms with van der Waals surface area (Å²) in [6.07, 6.45) is 4.43. The Hall–Kier alpha value is -2.24. The van der Waals surface area contributed by atoms with Crippen molar-refractivity contribution in [3.05, 3.63) is 23.8 Å². The minimum atomic E-state index is -0.261. The highest BCUT2D eigenvalue weighted by Gasteiger charge is 2.19. The highest BCUT2D eigenvalue weighted by Crippen LogP contribution is 2.27. The Morgan fingerprint density at radius 2 is 1.83 bits per heavy atom. The largest absolute Gasteiger partial charge is 0.371 e. The Labute approximate surface area is 144 Å². The number of nitrogens with one attached hydrogen (secondary N) is 3. The van der Waals surface area contributed by atoms with E-state index in [0.717, 1.165) is 38.0 Å². The lowest BCUT2D eigenvalue weighted by atomic mass is 10.1. The van der Waals surface area contributed by atoms with E-state index in [4.69, 9.17) is 0 Å². The van der Waals surface area contributed by atoms with Crippen LogP contribution in [0.1, 0.15) is 49.9 Å². The van der Waals surface area contributed by atoms with Crippen LogP contribution in [-0.2, 0) is 0 Å². The summed E-state index contributed by atoms with van der Waals surface area (Å²) in [6.45, 7) is 7.03. The molecule has 2 rings (SSSR count). The maximum atomic E-state index is 12.6. The molecule has 1 saturated heterocycles. The minimum Gasteiger partial charge on any atom is -0.371 e. The molecule has 0 bridgehead atoms. The smallest absolute Gasteiger partial charge is 0.319 e. The summed E-state index contributed by atoms with van der Waals surface area (Å²) in [5.41, 5.74) is 2.20. The van der Waals surface area contributed by atoms with Gasteiger partial charge in [0.15, 0.2) is 0 Å². The van der Waals surface area contributed by atoms with E-state index in [0.29, 0.717) is 24.3 Å². The molecule has 1 heterocycles. The molecule has 1 fully saturated rings. The number of hydrogen-bond donors (Lipinski definition) is 3. The molecule has 1 aliphatic heterocycles. The van der Waals surface area contributed by atoms with E-state index in [1.807, 2.05) is 26.0 Å². The molecule has 0 unspecified atom stereocenters. The molecule has 0 spiro atoms. The van der Waals surface area contributed by atoms with Gasteiger partial charge < -0.3 is 20.9 Å². The Morgan fingerprint density at radius 1 is 1.08 bits per heavy atom. The molecule has 1 aromatic rings. The number of nitrogens with zero attached hydrogens (tertiary/aromatic N) is 1. The Balaban J connectivity index is 2.24. The van der Waals surface area contributed by atoms with Crippen molar-refractivity contribution in [3.8, 4) is 0 Å². The number of carbonyl (C=O) groups excluding carboxylic acids is 2. The molecule has 3 N–H and O–H groups in total. The summed E-state index contributed by atoms with van der Waals surface area (Å²) >= 11 is 0. The van der Waals surface area contributed by atoms with Crippen LogP contribution in [0.4, 0.5) is 16.2 Å². The molecular weight excluding hydrogens is 304 g/mol. The van der Waals surface area contributed by atoms with Gasteiger partial charge in [0.1, 0.15) is 0 Å². The molecule has 132 valence electrons. The van der Waals surface area contributed by atoms with Gasteiger partial charge in [-0.1, -0.05) is 6.92 Å². The first-order valence-electron chi connectivity index (χ1n) is 8.87. The molecule has 0 aromatic heterocycles. The van der Waals surface area contributed by atoms with Crippen LogP contribution in [0.2, 0.25) is 0 Å². The molecule has 6 heteroatoms. The molecule has 1 aromatic carbocycles. The standard InChI is InChI=1S/C18H28N4O2/c1-3-10-20-17(23)15-13-14(21-18(24)19-4-2)8-9-16(15)22-11-6-5-7-12-22/h8-9,13H,3-7,10-12H2,1-2H3,(H,20,23)(H2,19,21,24). The van der Waals surface area contributed by atoms with Crippen LogP contribution < -0.4 is 20.9 Å². The Kier molecular flexibility index (Phi) is 6.90. The fraction of sp³-hybridized carbons (Fsp3) is 0.556. The second kappa shape index (κ2) is 9.15. The predicted octanol–water partition coefficient (Wildman–Crippen LogP) is 2.96. The Morgan fingerprint density at radius 3 is 2.50 bits per heavy atom. The number of hydrogen-bond acceptors (Lipinski definition) is 3. The van der Waals surface area contributed by atoms with Gasteiger partial charge in [0.05, 0.1) is 5.56 Å². The van der Waals surface area contributed by atoms with E-state index in [9.17, 15) is 9.59 Å². The number of piperidine rings is 1. The van der Waals surface area contributed by atoms with Crippen LogP contribution in [0.25, 0.3) is 0 Å². The van der Waals surface area contributed by atoms with Gasteiger partial charge in [0, 0.05) is 37.6 Å². The molecule has 0 saturated carbocycles. The van der Waals surface area contributed by atoms with E-state index in [2.05, 4.69) is 20.9 Å². The van der Waals surface area contributed by atoms with Gasteiger partial charge in [0.25, 0.3) is 5.91 Å².